The summed E-state index contributed by atoms with van der Waals surface area (Å²) in [5.74, 6) is 3.96. The van der Waals surface area contributed by atoms with Gasteiger partial charge >= 0.3 is 0 Å². The zero-order chi connectivity index (χ0) is 14.8. The van der Waals surface area contributed by atoms with E-state index in [1.165, 1.54) is 29.7 Å². The van der Waals surface area contributed by atoms with Crippen LogP contribution in [0.25, 0.3) is 0 Å². The van der Waals surface area contributed by atoms with Gasteiger partial charge in [0.2, 0.25) is 5.75 Å². The van der Waals surface area contributed by atoms with Crippen LogP contribution in [0.2, 0.25) is 0 Å². The van der Waals surface area contributed by atoms with E-state index >= 15 is 0 Å². The average Bonchev–Trinajstić information content (AvgIpc) is 3.15. The van der Waals surface area contributed by atoms with Gasteiger partial charge < -0.3 is 19.5 Å². The number of hydrogen-bond donors (Lipinski definition) is 1. The van der Waals surface area contributed by atoms with Gasteiger partial charge in [0.25, 0.3) is 0 Å². The van der Waals surface area contributed by atoms with E-state index in [0.717, 1.165) is 23.8 Å². The summed E-state index contributed by atoms with van der Waals surface area (Å²) in [5.41, 5.74) is 1.35. The fourth-order valence-electron chi connectivity index (χ4n) is 3.37. The van der Waals surface area contributed by atoms with Gasteiger partial charge in [0, 0.05) is 11.8 Å². The number of thioether (sulfide) groups is 1. The van der Waals surface area contributed by atoms with Crippen molar-refractivity contribution in [3.05, 3.63) is 11.6 Å². The SMILES string of the molecule is COc1cc2c(c(OC)c1OC)SCC2C[C@H]1CCCN1. The lowest BCUT2D eigenvalue weighted by Crippen LogP contribution is -2.23. The van der Waals surface area contributed by atoms with Crippen molar-refractivity contribution < 1.29 is 14.2 Å². The quantitative estimate of drug-likeness (QED) is 0.905. The van der Waals surface area contributed by atoms with Crippen molar-refractivity contribution >= 4 is 11.8 Å². The van der Waals surface area contributed by atoms with E-state index in [-0.39, 0.29) is 0 Å². The Kier molecular flexibility index (Phi) is 4.50. The topological polar surface area (TPSA) is 39.7 Å². The first-order valence-electron chi connectivity index (χ1n) is 7.47. The highest BCUT2D eigenvalue weighted by molar-refractivity contribution is 7.99. The second-order valence-electron chi connectivity index (χ2n) is 5.60. The van der Waals surface area contributed by atoms with Crippen LogP contribution in [0.4, 0.5) is 0 Å². The summed E-state index contributed by atoms with van der Waals surface area (Å²) < 4.78 is 16.6. The van der Waals surface area contributed by atoms with Crippen molar-refractivity contribution in [1.29, 1.82) is 0 Å². The highest BCUT2D eigenvalue weighted by Gasteiger charge is 2.32. The van der Waals surface area contributed by atoms with E-state index in [2.05, 4.69) is 11.4 Å². The molecule has 3 rings (SSSR count). The molecule has 1 saturated heterocycles. The summed E-state index contributed by atoms with van der Waals surface area (Å²) in [4.78, 5) is 1.22. The maximum absolute atomic E-state index is 5.60. The van der Waals surface area contributed by atoms with Gasteiger partial charge in [-0.3, -0.25) is 0 Å². The Bertz CT molecular complexity index is 515. The lowest BCUT2D eigenvalue weighted by atomic mass is 9.92. The third-order valence-electron chi connectivity index (χ3n) is 4.41. The molecule has 1 N–H and O–H groups in total. The van der Waals surface area contributed by atoms with Crippen molar-refractivity contribution in [3.63, 3.8) is 0 Å². The summed E-state index contributed by atoms with van der Waals surface area (Å²) >= 11 is 1.87. The van der Waals surface area contributed by atoms with Crippen LogP contribution in [0.3, 0.4) is 0 Å². The van der Waals surface area contributed by atoms with Gasteiger partial charge in [0.05, 0.1) is 26.2 Å². The molecule has 0 spiro atoms. The minimum Gasteiger partial charge on any atom is -0.493 e. The fourth-order valence-corrected chi connectivity index (χ4v) is 4.75. The van der Waals surface area contributed by atoms with E-state index in [4.69, 9.17) is 14.2 Å². The minimum atomic E-state index is 0.564. The summed E-state index contributed by atoms with van der Waals surface area (Å²) in [6.45, 7) is 1.16. The number of ether oxygens (including phenoxy) is 3. The van der Waals surface area contributed by atoms with Gasteiger partial charge in [0.15, 0.2) is 11.5 Å². The maximum atomic E-state index is 5.60. The predicted molar refractivity (Wildman–Crippen MR) is 85.2 cm³/mol. The zero-order valence-corrected chi connectivity index (χ0v) is 13.7. The highest BCUT2D eigenvalue weighted by atomic mass is 32.2. The smallest absolute Gasteiger partial charge is 0.204 e. The average molecular weight is 309 g/mol. The Labute approximate surface area is 130 Å². The van der Waals surface area contributed by atoms with Gasteiger partial charge in [-0.25, -0.2) is 0 Å². The van der Waals surface area contributed by atoms with Crippen molar-refractivity contribution in [1.82, 2.24) is 5.32 Å². The molecule has 116 valence electrons. The number of rotatable bonds is 5. The number of methoxy groups -OCH3 is 3. The maximum Gasteiger partial charge on any atom is 0.204 e. The standard InChI is InChI=1S/C16H23NO3S/c1-18-13-8-12-10(7-11-5-4-6-17-11)9-21-16(12)15(20-3)14(13)19-2/h8,10-11,17H,4-7,9H2,1-3H3/t10?,11-/m1/s1. The molecule has 0 aliphatic carbocycles. The Hall–Kier alpha value is -1.07. The predicted octanol–water partition coefficient (Wildman–Crippen LogP) is 3.04. The first-order valence-corrected chi connectivity index (χ1v) is 8.46. The molecule has 1 unspecified atom stereocenters. The molecule has 1 aromatic rings. The first kappa shape index (κ1) is 14.9. The molecule has 1 aromatic carbocycles. The van der Waals surface area contributed by atoms with Crippen LogP contribution in [0, 0.1) is 0 Å². The summed E-state index contributed by atoms with van der Waals surface area (Å²) in [5, 5.41) is 3.60. The van der Waals surface area contributed by atoms with Crippen LogP contribution >= 0.6 is 11.8 Å². The number of hydrogen-bond acceptors (Lipinski definition) is 5. The van der Waals surface area contributed by atoms with Gasteiger partial charge in [-0.1, -0.05) is 0 Å². The second-order valence-corrected chi connectivity index (χ2v) is 6.63. The van der Waals surface area contributed by atoms with Crippen LogP contribution in [-0.2, 0) is 0 Å². The molecule has 0 aromatic heterocycles. The summed E-state index contributed by atoms with van der Waals surface area (Å²) in [6.07, 6.45) is 3.78. The van der Waals surface area contributed by atoms with E-state index in [1.54, 1.807) is 21.3 Å². The Balaban J connectivity index is 1.93. The second kappa shape index (κ2) is 6.36. The number of nitrogens with one attached hydrogen (secondary N) is 1. The first-order chi connectivity index (χ1) is 10.3. The lowest BCUT2D eigenvalue weighted by Gasteiger charge is -2.19. The highest BCUT2D eigenvalue weighted by Crippen LogP contribution is 2.53. The van der Waals surface area contributed by atoms with Gasteiger partial charge in [-0.2, -0.15) is 0 Å². The third kappa shape index (κ3) is 2.69. The molecule has 21 heavy (non-hydrogen) atoms. The summed E-state index contributed by atoms with van der Waals surface area (Å²) in [6, 6.07) is 2.79. The van der Waals surface area contributed by atoms with Gasteiger partial charge in [0.1, 0.15) is 0 Å². The van der Waals surface area contributed by atoms with Crippen molar-refractivity contribution in [2.75, 3.05) is 33.6 Å². The number of fused-ring (bicyclic) bond motifs is 1. The van der Waals surface area contributed by atoms with Crippen molar-refractivity contribution in [2.24, 2.45) is 0 Å². The molecule has 2 heterocycles. The summed E-state index contributed by atoms with van der Waals surface area (Å²) in [7, 11) is 5.04. The van der Waals surface area contributed by atoms with E-state index < -0.39 is 0 Å². The van der Waals surface area contributed by atoms with Gasteiger partial charge in [-0.05, 0) is 43.4 Å². The minimum absolute atomic E-state index is 0.564. The van der Waals surface area contributed by atoms with E-state index in [9.17, 15) is 0 Å². The molecule has 2 aliphatic rings. The molecule has 1 fully saturated rings. The lowest BCUT2D eigenvalue weighted by molar-refractivity contribution is 0.318. The largest absolute Gasteiger partial charge is 0.493 e. The molecule has 0 bridgehead atoms. The third-order valence-corrected chi connectivity index (χ3v) is 5.69. The molecule has 2 aliphatic heterocycles. The fraction of sp³-hybridized carbons (Fsp3) is 0.625. The van der Waals surface area contributed by atoms with Crippen LogP contribution in [0.1, 0.15) is 30.7 Å². The molecule has 0 amide bonds. The zero-order valence-electron chi connectivity index (χ0n) is 12.9. The van der Waals surface area contributed by atoms with Crippen molar-refractivity contribution in [3.8, 4) is 17.2 Å². The Morgan fingerprint density at radius 2 is 2.00 bits per heavy atom. The van der Waals surface area contributed by atoms with Crippen LogP contribution < -0.4 is 19.5 Å². The van der Waals surface area contributed by atoms with Crippen LogP contribution in [0.15, 0.2) is 11.0 Å². The molecule has 2 atom stereocenters. The van der Waals surface area contributed by atoms with E-state index in [0.29, 0.717) is 17.7 Å². The van der Waals surface area contributed by atoms with Crippen molar-refractivity contribution in [2.45, 2.75) is 36.1 Å². The molecule has 0 saturated carbocycles. The van der Waals surface area contributed by atoms with Crippen LogP contribution in [0.5, 0.6) is 17.2 Å². The molecular formula is C16H23NO3S. The number of benzene rings is 1. The Morgan fingerprint density at radius 3 is 2.62 bits per heavy atom. The monoisotopic (exact) mass is 309 g/mol. The molecular weight excluding hydrogens is 286 g/mol. The molecule has 5 heteroatoms. The molecule has 4 nitrogen and oxygen atoms in total. The van der Waals surface area contributed by atoms with Gasteiger partial charge in [-0.15, -0.1) is 11.8 Å². The van der Waals surface area contributed by atoms with E-state index in [1.807, 2.05) is 11.8 Å². The normalized spacial score (nSPS) is 24.0. The van der Waals surface area contributed by atoms with Crippen LogP contribution in [-0.4, -0.2) is 39.7 Å². The Morgan fingerprint density at radius 1 is 1.19 bits per heavy atom. The molecule has 0 radical (unpaired) electrons.